The Balaban J connectivity index is 1.88. The number of ether oxygens (including phenoxy) is 2. The summed E-state index contributed by atoms with van der Waals surface area (Å²) in [7, 11) is 1.50. The molecule has 2 aromatic rings. The predicted octanol–water partition coefficient (Wildman–Crippen LogP) is 3.51. The molecule has 0 bridgehead atoms. The van der Waals surface area contributed by atoms with E-state index < -0.39 is 4.92 Å². The fraction of sp³-hybridized carbons (Fsp3) is 0.409. The van der Waals surface area contributed by atoms with Crippen LogP contribution < -0.4 is 15.4 Å². The van der Waals surface area contributed by atoms with E-state index in [1.54, 1.807) is 6.07 Å². The smallest absolute Gasteiger partial charge is 0.270 e. The van der Waals surface area contributed by atoms with E-state index >= 15 is 0 Å². The number of carbonyl (C=O) groups is 1. The number of hydrogen-bond acceptors (Lipinski definition) is 6. The standard InChI is InChI=1S/C22H27N3O5/c1-3-30-18-7-4-16(5-8-18)22(10-12-29-13-11-22)15-24-20-9-6-17(25(27)28)14-19(20)21(26)23-2/h4-9,14,24H,3,10-13,15H2,1-2H3,(H,23,26). The Kier molecular flexibility index (Phi) is 6.89. The summed E-state index contributed by atoms with van der Waals surface area (Å²) < 4.78 is 11.1. The molecule has 2 N–H and O–H groups in total. The molecule has 0 radical (unpaired) electrons. The lowest BCUT2D eigenvalue weighted by atomic mass is 9.74. The van der Waals surface area contributed by atoms with E-state index in [9.17, 15) is 14.9 Å². The molecule has 1 amide bonds. The summed E-state index contributed by atoms with van der Waals surface area (Å²) in [5.41, 5.74) is 1.69. The molecule has 1 fully saturated rings. The average Bonchev–Trinajstić information content (AvgIpc) is 2.78. The number of non-ortho nitro benzene ring substituents is 1. The third-order valence-corrected chi connectivity index (χ3v) is 5.53. The van der Waals surface area contributed by atoms with Crippen molar-refractivity contribution in [3.63, 3.8) is 0 Å². The summed E-state index contributed by atoms with van der Waals surface area (Å²) in [6.07, 6.45) is 1.66. The molecule has 30 heavy (non-hydrogen) atoms. The molecule has 0 saturated carbocycles. The molecule has 1 saturated heterocycles. The summed E-state index contributed by atoms with van der Waals surface area (Å²) in [5.74, 6) is 0.456. The van der Waals surface area contributed by atoms with Crippen LogP contribution in [-0.4, -0.2) is 44.2 Å². The first kappa shape index (κ1) is 21.6. The number of carbonyl (C=O) groups excluding carboxylic acids is 1. The highest BCUT2D eigenvalue weighted by Crippen LogP contribution is 2.36. The summed E-state index contributed by atoms with van der Waals surface area (Å²) in [5, 5.41) is 17.0. The molecular weight excluding hydrogens is 386 g/mol. The normalized spacial score (nSPS) is 15.3. The zero-order valence-electron chi connectivity index (χ0n) is 17.3. The Hall–Kier alpha value is -3.13. The summed E-state index contributed by atoms with van der Waals surface area (Å²) >= 11 is 0. The number of nitrogens with zero attached hydrogens (tertiary/aromatic N) is 1. The second-order valence-corrected chi connectivity index (χ2v) is 7.27. The van der Waals surface area contributed by atoms with E-state index in [-0.39, 0.29) is 22.6 Å². The van der Waals surface area contributed by atoms with Crippen molar-refractivity contribution in [3.05, 3.63) is 63.7 Å². The Morgan fingerprint density at radius 1 is 1.20 bits per heavy atom. The van der Waals surface area contributed by atoms with Crippen LogP contribution in [0.15, 0.2) is 42.5 Å². The fourth-order valence-electron chi connectivity index (χ4n) is 3.79. The molecule has 1 heterocycles. The fourth-order valence-corrected chi connectivity index (χ4v) is 3.79. The van der Waals surface area contributed by atoms with Crippen LogP contribution >= 0.6 is 0 Å². The van der Waals surface area contributed by atoms with E-state index in [4.69, 9.17) is 9.47 Å². The van der Waals surface area contributed by atoms with Gasteiger partial charge < -0.3 is 20.1 Å². The molecule has 8 heteroatoms. The highest BCUT2D eigenvalue weighted by molar-refractivity contribution is 6.00. The van der Waals surface area contributed by atoms with Crippen molar-refractivity contribution >= 4 is 17.3 Å². The van der Waals surface area contributed by atoms with Gasteiger partial charge in [0.1, 0.15) is 5.75 Å². The molecule has 3 rings (SSSR count). The maximum absolute atomic E-state index is 12.3. The van der Waals surface area contributed by atoms with Crippen LogP contribution in [0.4, 0.5) is 11.4 Å². The first-order chi connectivity index (χ1) is 14.5. The molecule has 1 aliphatic heterocycles. The number of nitrogens with one attached hydrogen (secondary N) is 2. The highest BCUT2D eigenvalue weighted by Gasteiger charge is 2.34. The van der Waals surface area contributed by atoms with Gasteiger partial charge in [-0.05, 0) is 43.5 Å². The molecule has 0 aliphatic carbocycles. The van der Waals surface area contributed by atoms with Crippen molar-refractivity contribution in [3.8, 4) is 5.75 Å². The first-order valence-corrected chi connectivity index (χ1v) is 10.0. The molecule has 0 aromatic heterocycles. The van der Waals surface area contributed by atoms with Gasteiger partial charge in [0.2, 0.25) is 0 Å². The summed E-state index contributed by atoms with van der Waals surface area (Å²) in [6, 6.07) is 12.4. The number of benzene rings is 2. The number of nitro groups is 1. The lowest BCUT2D eigenvalue weighted by Gasteiger charge is -2.38. The Morgan fingerprint density at radius 2 is 1.90 bits per heavy atom. The second kappa shape index (κ2) is 9.58. The zero-order chi connectivity index (χ0) is 21.6. The zero-order valence-corrected chi connectivity index (χ0v) is 17.3. The monoisotopic (exact) mass is 413 g/mol. The van der Waals surface area contributed by atoms with Crippen LogP contribution in [0.25, 0.3) is 0 Å². The molecule has 0 spiro atoms. The van der Waals surface area contributed by atoms with Crippen LogP contribution in [0, 0.1) is 10.1 Å². The summed E-state index contributed by atoms with van der Waals surface area (Å²) in [4.78, 5) is 22.9. The third kappa shape index (κ3) is 4.71. The van der Waals surface area contributed by atoms with Gasteiger partial charge in [-0.1, -0.05) is 12.1 Å². The lowest BCUT2D eigenvalue weighted by Crippen LogP contribution is -2.40. The van der Waals surface area contributed by atoms with Gasteiger partial charge in [0, 0.05) is 50.0 Å². The van der Waals surface area contributed by atoms with E-state index in [1.807, 2.05) is 19.1 Å². The first-order valence-electron chi connectivity index (χ1n) is 10.0. The van der Waals surface area contributed by atoms with Gasteiger partial charge >= 0.3 is 0 Å². The van der Waals surface area contributed by atoms with Gasteiger partial charge in [0.25, 0.3) is 11.6 Å². The van der Waals surface area contributed by atoms with Gasteiger partial charge in [0.15, 0.2) is 0 Å². The van der Waals surface area contributed by atoms with Crippen LogP contribution in [0.1, 0.15) is 35.7 Å². The topological polar surface area (TPSA) is 103 Å². The van der Waals surface area contributed by atoms with Crippen LogP contribution in [-0.2, 0) is 10.2 Å². The molecule has 0 atom stereocenters. The van der Waals surface area contributed by atoms with Crippen molar-refractivity contribution in [2.45, 2.75) is 25.2 Å². The molecule has 160 valence electrons. The van der Waals surface area contributed by atoms with Crippen LogP contribution in [0.3, 0.4) is 0 Å². The number of amides is 1. The minimum Gasteiger partial charge on any atom is -0.494 e. The van der Waals surface area contributed by atoms with Crippen molar-refractivity contribution < 1.29 is 19.2 Å². The van der Waals surface area contributed by atoms with Gasteiger partial charge in [-0.3, -0.25) is 14.9 Å². The van der Waals surface area contributed by atoms with Crippen molar-refractivity contribution in [1.29, 1.82) is 0 Å². The quantitative estimate of drug-likeness (QED) is 0.507. The number of hydrogen-bond donors (Lipinski definition) is 2. The maximum atomic E-state index is 12.3. The van der Waals surface area contributed by atoms with Gasteiger partial charge in [-0.15, -0.1) is 0 Å². The van der Waals surface area contributed by atoms with Crippen molar-refractivity contribution in [2.24, 2.45) is 0 Å². The predicted molar refractivity (Wildman–Crippen MR) is 114 cm³/mol. The Bertz CT molecular complexity index is 892. The molecule has 0 unspecified atom stereocenters. The van der Waals surface area contributed by atoms with E-state index in [1.165, 1.54) is 24.7 Å². The van der Waals surface area contributed by atoms with Crippen molar-refractivity contribution in [2.75, 3.05) is 38.7 Å². The highest BCUT2D eigenvalue weighted by atomic mass is 16.6. The lowest BCUT2D eigenvalue weighted by molar-refractivity contribution is -0.384. The average molecular weight is 413 g/mol. The molecule has 2 aromatic carbocycles. The molecular formula is C22H27N3O5. The number of rotatable bonds is 8. The van der Waals surface area contributed by atoms with Crippen molar-refractivity contribution in [1.82, 2.24) is 5.32 Å². The van der Waals surface area contributed by atoms with Gasteiger partial charge in [-0.2, -0.15) is 0 Å². The molecule has 8 nitrogen and oxygen atoms in total. The van der Waals surface area contributed by atoms with E-state index in [2.05, 4.69) is 22.8 Å². The number of anilines is 1. The SMILES string of the molecule is CCOc1ccc(C2(CNc3ccc([N+](=O)[O-])cc3C(=O)NC)CCOCC2)cc1. The largest absolute Gasteiger partial charge is 0.494 e. The summed E-state index contributed by atoms with van der Waals surface area (Å²) in [6.45, 7) is 4.44. The maximum Gasteiger partial charge on any atom is 0.270 e. The Morgan fingerprint density at radius 3 is 2.50 bits per heavy atom. The van der Waals surface area contributed by atoms with Crippen LogP contribution in [0.5, 0.6) is 5.75 Å². The van der Waals surface area contributed by atoms with E-state index in [0.29, 0.717) is 32.1 Å². The minimum atomic E-state index is -0.504. The number of nitro benzene ring substituents is 1. The Labute approximate surface area is 175 Å². The minimum absolute atomic E-state index is 0.119. The van der Waals surface area contributed by atoms with Crippen LogP contribution in [0.2, 0.25) is 0 Å². The van der Waals surface area contributed by atoms with E-state index in [0.717, 1.165) is 18.6 Å². The van der Waals surface area contributed by atoms with Gasteiger partial charge in [-0.25, -0.2) is 0 Å². The second-order valence-electron chi connectivity index (χ2n) is 7.27. The third-order valence-electron chi connectivity index (χ3n) is 5.53. The van der Waals surface area contributed by atoms with Gasteiger partial charge in [0.05, 0.1) is 17.1 Å². The molecule has 1 aliphatic rings.